The van der Waals surface area contributed by atoms with Crippen LogP contribution in [-0.2, 0) is 11.3 Å². The molecule has 110 valence electrons. The molecule has 20 heavy (non-hydrogen) atoms. The number of hydrogen-bond donors (Lipinski definition) is 2. The second kappa shape index (κ2) is 6.95. The van der Waals surface area contributed by atoms with Gasteiger partial charge in [0.15, 0.2) is 0 Å². The van der Waals surface area contributed by atoms with Crippen molar-refractivity contribution in [3.63, 3.8) is 0 Å². The summed E-state index contributed by atoms with van der Waals surface area (Å²) < 4.78 is 0. The lowest BCUT2D eigenvalue weighted by Crippen LogP contribution is -2.41. The van der Waals surface area contributed by atoms with Gasteiger partial charge in [-0.15, -0.1) is 0 Å². The standard InChI is InChI=1S/C15H22ClN3O/c1-2-18-9-12-8-13(16)5-6-14(12)19-7-3-4-11(10-19)15(17)20/h5-6,8,11,18H,2-4,7,9-10H2,1H3,(H2,17,20). The van der Waals surface area contributed by atoms with Crippen LogP contribution in [0.5, 0.6) is 0 Å². The van der Waals surface area contributed by atoms with Gasteiger partial charge in [0.25, 0.3) is 0 Å². The third-order valence-electron chi connectivity index (χ3n) is 3.77. The van der Waals surface area contributed by atoms with Crippen LogP contribution in [0, 0.1) is 5.92 Å². The lowest BCUT2D eigenvalue weighted by Gasteiger charge is -2.34. The Balaban J connectivity index is 2.20. The molecule has 3 N–H and O–H groups in total. The van der Waals surface area contributed by atoms with Gasteiger partial charge < -0.3 is 16.0 Å². The number of nitrogens with one attached hydrogen (secondary N) is 1. The molecule has 0 spiro atoms. The Morgan fingerprint density at radius 3 is 3.05 bits per heavy atom. The number of carbonyl (C=O) groups is 1. The Morgan fingerprint density at radius 1 is 1.55 bits per heavy atom. The summed E-state index contributed by atoms with van der Waals surface area (Å²) in [4.78, 5) is 13.7. The van der Waals surface area contributed by atoms with Crippen LogP contribution in [0.3, 0.4) is 0 Å². The molecule has 0 saturated carbocycles. The Bertz CT molecular complexity index is 478. The zero-order valence-electron chi connectivity index (χ0n) is 11.9. The molecule has 1 aliphatic heterocycles. The molecule has 2 rings (SSSR count). The van der Waals surface area contributed by atoms with Crippen molar-refractivity contribution in [1.82, 2.24) is 5.32 Å². The van der Waals surface area contributed by atoms with Gasteiger partial charge in [0.1, 0.15) is 0 Å². The Morgan fingerprint density at radius 2 is 2.35 bits per heavy atom. The second-order valence-corrected chi connectivity index (χ2v) is 5.68. The third kappa shape index (κ3) is 3.64. The Labute approximate surface area is 125 Å². The van der Waals surface area contributed by atoms with Gasteiger partial charge in [-0.3, -0.25) is 4.79 Å². The molecule has 0 bridgehead atoms. The van der Waals surface area contributed by atoms with Gasteiger partial charge in [0.05, 0.1) is 5.92 Å². The third-order valence-corrected chi connectivity index (χ3v) is 4.01. The van der Waals surface area contributed by atoms with Crippen molar-refractivity contribution < 1.29 is 4.79 Å². The number of primary amides is 1. The molecule has 0 aliphatic carbocycles. The Kier molecular flexibility index (Phi) is 5.26. The molecular formula is C15H22ClN3O. The minimum Gasteiger partial charge on any atom is -0.370 e. The van der Waals surface area contributed by atoms with Crippen LogP contribution in [0.4, 0.5) is 5.69 Å². The first-order chi connectivity index (χ1) is 9.61. The topological polar surface area (TPSA) is 58.4 Å². The summed E-state index contributed by atoms with van der Waals surface area (Å²) in [6.07, 6.45) is 1.89. The largest absolute Gasteiger partial charge is 0.370 e. The molecule has 1 amide bonds. The summed E-state index contributed by atoms with van der Waals surface area (Å²) in [5.41, 5.74) is 7.78. The van der Waals surface area contributed by atoms with Gasteiger partial charge in [-0.05, 0) is 43.1 Å². The van der Waals surface area contributed by atoms with E-state index in [1.54, 1.807) is 0 Å². The zero-order chi connectivity index (χ0) is 14.5. The summed E-state index contributed by atoms with van der Waals surface area (Å²) in [5, 5.41) is 4.07. The minimum absolute atomic E-state index is 0.0496. The highest BCUT2D eigenvalue weighted by molar-refractivity contribution is 6.30. The number of nitrogens with two attached hydrogens (primary N) is 1. The molecule has 1 aromatic carbocycles. The van der Waals surface area contributed by atoms with Crippen LogP contribution in [0.15, 0.2) is 18.2 Å². The SMILES string of the molecule is CCNCc1cc(Cl)ccc1N1CCCC(C(N)=O)C1. The fourth-order valence-electron chi connectivity index (χ4n) is 2.69. The number of rotatable bonds is 5. The van der Waals surface area contributed by atoms with Crippen LogP contribution in [0.25, 0.3) is 0 Å². The first-order valence-corrected chi connectivity index (χ1v) is 7.53. The minimum atomic E-state index is -0.197. The fourth-order valence-corrected chi connectivity index (χ4v) is 2.89. The van der Waals surface area contributed by atoms with Gasteiger partial charge in [-0.1, -0.05) is 18.5 Å². The molecule has 1 aliphatic rings. The van der Waals surface area contributed by atoms with Crippen molar-refractivity contribution in [3.8, 4) is 0 Å². The number of anilines is 1. The molecule has 0 radical (unpaired) electrons. The van der Waals surface area contributed by atoms with Crippen LogP contribution < -0.4 is 16.0 Å². The maximum atomic E-state index is 11.4. The molecule has 1 heterocycles. The van der Waals surface area contributed by atoms with E-state index in [0.717, 1.165) is 43.2 Å². The number of benzene rings is 1. The fraction of sp³-hybridized carbons (Fsp3) is 0.533. The summed E-state index contributed by atoms with van der Waals surface area (Å²) in [7, 11) is 0. The first-order valence-electron chi connectivity index (χ1n) is 7.15. The predicted octanol–water partition coefficient (Wildman–Crippen LogP) is 2.15. The number of halogens is 1. The van der Waals surface area contributed by atoms with E-state index < -0.39 is 0 Å². The first kappa shape index (κ1) is 15.1. The van der Waals surface area contributed by atoms with Gasteiger partial charge >= 0.3 is 0 Å². The summed E-state index contributed by atoms with van der Waals surface area (Å²) in [6.45, 7) is 5.44. The monoisotopic (exact) mass is 295 g/mol. The average molecular weight is 296 g/mol. The van der Waals surface area contributed by atoms with E-state index in [9.17, 15) is 4.79 Å². The van der Waals surface area contributed by atoms with E-state index >= 15 is 0 Å². The molecule has 1 saturated heterocycles. The molecule has 0 aromatic heterocycles. The molecular weight excluding hydrogens is 274 g/mol. The smallest absolute Gasteiger partial charge is 0.222 e. The summed E-state index contributed by atoms with van der Waals surface area (Å²) in [6, 6.07) is 5.94. The van der Waals surface area contributed by atoms with Gasteiger partial charge in [-0.25, -0.2) is 0 Å². The van der Waals surface area contributed by atoms with Crippen LogP contribution in [-0.4, -0.2) is 25.5 Å². The van der Waals surface area contributed by atoms with Crippen molar-refractivity contribution >= 4 is 23.2 Å². The maximum absolute atomic E-state index is 11.4. The number of nitrogens with zero attached hydrogens (tertiary/aromatic N) is 1. The normalized spacial score (nSPS) is 19.1. The molecule has 1 fully saturated rings. The van der Waals surface area contributed by atoms with Gasteiger partial charge in [0, 0.05) is 30.3 Å². The van der Waals surface area contributed by atoms with Crippen molar-refractivity contribution in [3.05, 3.63) is 28.8 Å². The van der Waals surface area contributed by atoms with Crippen LogP contribution in [0.2, 0.25) is 5.02 Å². The van der Waals surface area contributed by atoms with Crippen LogP contribution in [0.1, 0.15) is 25.3 Å². The van der Waals surface area contributed by atoms with E-state index in [2.05, 4.69) is 17.1 Å². The quantitative estimate of drug-likeness (QED) is 0.875. The average Bonchev–Trinajstić information content (AvgIpc) is 2.45. The highest BCUT2D eigenvalue weighted by Crippen LogP contribution is 2.28. The van der Waals surface area contributed by atoms with E-state index in [1.165, 1.54) is 5.56 Å². The molecule has 4 nitrogen and oxygen atoms in total. The van der Waals surface area contributed by atoms with E-state index in [1.807, 2.05) is 18.2 Å². The van der Waals surface area contributed by atoms with E-state index in [-0.39, 0.29) is 11.8 Å². The summed E-state index contributed by atoms with van der Waals surface area (Å²) >= 11 is 6.09. The van der Waals surface area contributed by atoms with E-state index in [0.29, 0.717) is 6.54 Å². The number of carbonyl (C=O) groups excluding carboxylic acids is 1. The van der Waals surface area contributed by atoms with Crippen molar-refractivity contribution in [1.29, 1.82) is 0 Å². The van der Waals surface area contributed by atoms with Crippen molar-refractivity contribution in [2.75, 3.05) is 24.5 Å². The Hall–Kier alpha value is -1.26. The molecule has 1 unspecified atom stereocenters. The summed E-state index contributed by atoms with van der Waals surface area (Å²) in [5.74, 6) is -0.247. The molecule has 5 heteroatoms. The number of amides is 1. The van der Waals surface area contributed by atoms with Crippen molar-refractivity contribution in [2.45, 2.75) is 26.3 Å². The molecule has 1 aromatic rings. The highest BCUT2D eigenvalue weighted by atomic mass is 35.5. The van der Waals surface area contributed by atoms with Crippen molar-refractivity contribution in [2.24, 2.45) is 11.7 Å². The lowest BCUT2D eigenvalue weighted by molar-refractivity contribution is -0.122. The van der Waals surface area contributed by atoms with Gasteiger partial charge in [-0.2, -0.15) is 0 Å². The predicted molar refractivity (Wildman–Crippen MR) is 83.0 cm³/mol. The second-order valence-electron chi connectivity index (χ2n) is 5.24. The maximum Gasteiger partial charge on any atom is 0.222 e. The number of hydrogen-bond acceptors (Lipinski definition) is 3. The van der Waals surface area contributed by atoms with Gasteiger partial charge in [0.2, 0.25) is 5.91 Å². The lowest BCUT2D eigenvalue weighted by atomic mass is 9.96. The zero-order valence-corrected chi connectivity index (χ0v) is 12.6. The number of piperidine rings is 1. The van der Waals surface area contributed by atoms with E-state index in [4.69, 9.17) is 17.3 Å². The molecule has 1 atom stereocenters. The highest BCUT2D eigenvalue weighted by Gasteiger charge is 2.25. The van der Waals surface area contributed by atoms with Crippen LogP contribution >= 0.6 is 11.6 Å².